The molecule has 0 aromatic heterocycles. The largest absolute Gasteiger partial charge is 0.481 e. The molecular formula is C16H14BrNO3. The number of halogens is 1. The van der Waals surface area contributed by atoms with Crippen LogP contribution in [0.5, 0.6) is 0 Å². The van der Waals surface area contributed by atoms with Crippen LogP contribution in [0.4, 0.5) is 5.69 Å². The van der Waals surface area contributed by atoms with Gasteiger partial charge in [0.25, 0.3) is 5.91 Å². The van der Waals surface area contributed by atoms with Crippen molar-refractivity contribution in [2.45, 2.75) is 13.3 Å². The molecule has 0 atom stereocenters. The SMILES string of the molecule is Cc1ccc(Br)cc1C(=O)Nc1cccc(CC(=O)O)c1. The highest BCUT2D eigenvalue weighted by molar-refractivity contribution is 9.10. The Kier molecular flexibility index (Phi) is 4.75. The lowest BCUT2D eigenvalue weighted by Gasteiger charge is -2.09. The van der Waals surface area contributed by atoms with Crippen LogP contribution in [0, 0.1) is 6.92 Å². The third-order valence-electron chi connectivity index (χ3n) is 2.98. The van der Waals surface area contributed by atoms with E-state index in [0.717, 1.165) is 10.0 Å². The molecule has 4 nitrogen and oxygen atoms in total. The Morgan fingerprint density at radius 3 is 2.67 bits per heavy atom. The van der Waals surface area contributed by atoms with E-state index in [0.29, 0.717) is 16.8 Å². The fraction of sp³-hybridized carbons (Fsp3) is 0.125. The van der Waals surface area contributed by atoms with Gasteiger partial charge in [-0.05, 0) is 42.3 Å². The number of benzene rings is 2. The van der Waals surface area contributed by atoms with Crippen LogP contribution in [0.15, 0.2) is 46.9 Å². The summed E-state index contributed by atoms with van der Waals surface area (Å²) in [6.07, 6.45) is -0.0698. The van der Waals surface area contributed by atoms with Crippen LogP contribution in [-0.4, -0.2) is 17.0 Å². The van der Waals surface area contributed by atoms with Crippen LogP contribution in [0.1, 0.15) is 21.5 Å². The summed E-state index contributed by atoms with van der Waals surface area (Å²) < 4.78 is 0.831. The van der Waals surface area contributed by atoms with Crippen LogP contribution in [-0.2, 0) is 11.2 Å². The zero-order chi connectivity index (χ0) is 15.4. The number of carboxylic acids is 1. The second-order valence-electron chi connectivity index (χ2n) is 4.68. The van der Waals surface area contributed by atoms with Crippen LogP contribution in [0.2, 0.25) is 0 Å². The van der Waals surface area contributed by atoms with E-state index >= 15 is 0 Å². The van der Waals surface area contributed by atoms with Crippen molar-refractivity contribution < 1.29 is 14.7 Å². The van der Waals surface area contributed by atoms with Gasteiger partial charge in [0.2, 0.25) is 0 Å². The quantitative estimate of drug-likeness (QED) is 0.887. The second kappa shape index (κ2) is 6.54. The summed E-state index contributed by atoms with van der Waals surface area (Å²) in [4.78, 5) is 23.0. The van der Waals surface area contributed by atoms with Gasteiger partial charge in [0, 0.05) is 15.7 Å². The maximum Gasteiger partial charge on any atom is 0.307 e. The maximum atomic E-state index is 12.3. The topological polar surface area (TPSA) is 66.4 Å². The molecule has 0 spiro atoms. The first-order valence-electron chi connectivity index (χ1n) is 6.34. The van der Waals surface area contributed by atoms with E-state index < -0.39 is 5.97 Å². The number of aliphatic carboxylic acids is 1. The predicted molar refractivity (Wildman–Crippen MR) is 84.6 cm³/mol. The van der Waals surface area contributed by atoms with E-state index in [1.54, 1.807) is 30.3 Å². The summed E-state index contributed by atoms with van der Waals surface area (Å²) in [6, 6.07) is 12.3. The second-order valence-corrected chi connectivity index (χ2v) is 5.60. The van der Waals surface area contributed by atoms with E-state index in [2.05, 4.69) is 21.2 Å². The van der Waals surface area contributed by atoms with Crippen molar-refractivity contribution >= 4 is 33.5 Å². The molecule has 0 aliphatic carbocycles. The van der Waals surface area contributed by atoms with Gasteiger partial charge in [-0.3, -0.25) is 9.59 Å². The molecule has 0 aliphatic rings. The van der Waals surface area contributed by atoms with Gasteiger partial charge in [0.15, 0.2) is 0 Å². The number of carboxylic acid groups (broad SMARTS) is 1. The highest BCUT2D eigenvalue weighted by atomic mass is 79.9. The smallest absolute Gasteiger partial charge is 0.307 e. The van der Waals surface area contributed by atoms with Gasteiger partial charge in [-0.2, -0.15) is 0 Å². The average molecular weight is 348 g/mol. The maximum absolute atomic E-state index is 12.3. The molecule has 2 N–H and O–H groups in total. The summed E-state index contributed by atoms with van der Waals surface area (Å²) in [7, 11) is 0. The van der Waals surface area contributed by atoms with Gasteiger partial charge in [0.05, 0.1) is 6.42 Å². The Labute approximate surface area is 130 Å². The summed E-state index contributed by atoms with van der Waals surface area (Å²) in [5, 5.41) is 11.6. The van der Waals surface area contributed by atoms with Gasteiger partial charge in [0.1, 0.15) is 0 Å². The number of carbonyl (C=O) groups is 2. The van der Waals surface area contributed by atoms with Gasteiger partial charge < -0.3 is 10.4 Å². The highest BCUT2D eigenvalue weighted by Crippen LogP contribution is 2.18. The van der Waals surface area contributed by atoms with Crippen LogP contribution in [0.25, 0.3) is 0 Å². The van der Waals surface area contributed by atoms with E-state index in [9.17, 15) is 9.59 Å². The summed E-state index contributed by atoms with van der Waals surface area (Å²) in [5.41, 5.74) is 2.68. The Morgan fingerprint density at radius 1 is 1.19 bits per heavy atom. The summed E-state index contributed by atoms with van der Waals surface area (Å²) in [6.45, 7) is 1.86. The van der Waals surface area contributed by atoms with Crippen molar-refractivity contribution in [2.75, 3.05) is 5.32 Å². The lowest BCUT2D eigenvalue weighted by atomic mass is 10.1. The fourth-order valence-corrected chi connectivity index (χ4v) is 2.33. The van der Waals surface area contributed by atoms with Gasteiger partial charge in [-0.25, -0.2) is 0 Å². The van der Waals surface area contributed by atoms with Gasteiger partial charge in [-0.1, -0.05) is 34.1 Å². The molecule has 2 aromatic rings. The number of nitrogens with one attached hydrogen (secondary N) is 1. The molecule has 21 heavy (non-hydrogen) atoms. The molecule has 0 unspecified atom stereocenters. The minimum absolute atomic E-state index is 0.0698. The molecule has 0 aliphatic heterocycles. The van der Waals surface area contributed by atoms with E-state index in [4.69, 9.17) is 5.11 Å². The molecular weight excluding hydrogens is 334 g/mol. The normalized spacial score (nSPS) is 10.2. The molecule has 5 heteroatoms. The minimum Gasteiger partial charge on any atom is -0.481 e. The molecule has 2 rings (SSSR count). The molecule has 1 amide bonds. The highest BCUT2D eigenvalue weighted by Gasteiger charge is 2.10. The third kappa shape index (κ3) is 4.16. The Bertz CT molecular complexity index is 698. The van der Waals surface area contributed by atoms with E-state index in [1.807, 2.05) is 19.1 Å². The zero-order valence-electron chi connectivity index (χ0n) is 11.4. The molecule has 0 fully saturated rings. The lowest BCUT2D eigenvalue weighted by molar-refractivity contribution is -0.136. The molecule has 0 bridgehead atoms. The lowest BCUT2D eigenvalue weighted by Crippen LogP contribution is -2.13. The molecule has 0 heterocycles. The van der Waals surface area contributed by atoms with Gasteiger partial charge >= 0.3 is 5.97 Å². The number of hydrogen-bond donors (Lipinski definition) is 2. The van der Waals surface area contributed by atoms with Crippen LogP contribution in [0.3, 0.4) is 0 Å². The standard InChI is InChI=1S/C16H14BrNO3/c1-10-5-6-12(17)9-14(10)16(21)18-13-4-2-3-11(7-13)8-15(19)20/h2-7,9H,8H2,1H3,(H,18,21)(H,19,20). The number of hydrogen-bond acceptors (Lipinski definition) is 2. The van der Waals surface area contributed by atoms with Crippen LogP contribution < -0.4 is 5.32 Å². The molecule has 108 valence electrons. The van der Waals surface area contributed by atoms with Crippen molar-refractivity contribution in [3.63, 3.8) is 0 Å². The Morgan fingerprint density at radius 2 is 1.95 bits per heavy atom. The van der Waals surface area contributed by atoms with Crippen LogP contribution >= 0.6 is 15.9 Å². The van der Waals surface area contributed by atoms with Gasteiger partial charge in [-0.15, -0.1) is 0 Å². The number of aryl methyl sites for hydroxylation is 1. The first-order chi connectivity index (χ1) is 9.95. The van der Waals surface area contributed by atoms with Crippen molar-refractivity contribution in [2.24, 2.45) is 0 Å². The average Bonchev–Trinajstić information content (AvgIpc) is 2.41. The zero-order valence-corrected chi connectivity index (χ0v) is 13.0. The monoisotopic (exact) mass is 347 g/mol. The third-order valence-corrected chi connectivity index (χ3v) is 3.48. The molecule has 2 aromatic carbocycles. The molecule has 0 radical (unpaired) electrons. The Hall–Kier alpha value is -2.14. The summed E-state index contributed by atoms with van der Waals surface area (Å²) in [5.74, 6) is -1.12. The minimum atomic E-state index is -0.902. The molecule has 0 saturated carbocycles. The first-order valence-corrected chi connectivity index (χ1v) is 7.13. The van der Waals surface area contributed by atoms with E-state index in [1.165, 1.54) is 0 Å². The fourth-order valence-electron chi connectivity index (χ4n) is 1.97. The summed E-state index contributed by atoms with van der Waals surface area (Å²) >= 11 is 3.34. The number of carbonyl (C=O) groups excluding carboxylic acids is 1. The molecule has 0 saturated heterocycles. The first kappa shape index (κ1) is 15.3. The van der Waals surface area contributed by atoms with Crippen molar-refractivity contribution in [1.29, 1.82) is 0 Å². The van der Waals surface area contributed by atoms with E-state index in [-0.39, 0.29) is 12.3 Å². The predicted octanol–water partition coefficient (Wildman–Crippen LogP) is 3.64. The van der Waals surface area contributed by atoms with Crippen molar-refractivity contribution in [3.05, 3.63) is 63.6 Å². The van der Waals surface area contributed by atoms with Crippen molar-refractivity contribution in [3.8, 4) is 0 Å². The number of rotatable bonds is 4. The number of amides is 1. The Balaban J connectivity index is 2.19. The van der Waals surface area contributed by atoms with Crippen molar-refractivity contribution in [1.82, 2.24) is 0 Å². The number of anilines is 1.